The number of hydrogen-bond acceptors (Lipinski definition) is 14. The molecule has 582 valence electrons. The Kier molecular flexibility index (Phi) is 72.6. The minimum Gasteiger partial charge on any atom is -0.463 e. The van der Waals surface area contributed by atoms with Crippen molar-refractivity contribution in [1.82, 2.24) is 0 Å². The molecule has 0 bridgehead atoms. The molecule has 5 unspecified atom stereocenters. The highest BCUT2D eigenvalue weighted by Crippen LogP contribution is 2.45. The zero-order chi connectivity index (χ0) is 73.7. The van der Waals surface area contributed by atoms with Crippen LogP contribution < -0.4 is 0 Å². The van der Waals surface area contributed by atoms with Crippen LogP contribution in [-0.2, 0) is 55.8 Å². The molecule has 0 heterocycles. The summed E-state index contributed by atoms with van der Waals surface area (Å²) in [6, 6.07) is 0. The molecule has 101 heavy (non-hydrogen) atoms. The first-order chi connectivity index (χ1) is 49.2. The summed E-state index contributed by atoms with van der Waals surface area (Å²) in [5.41, 5.74) is 0. The first-order valence-electron chi connectivity index (χ1n) is 39.8. The molecule has 4 N–H and O–H groups in total. The molecule has 0 fully saturated rings. The number of aliphatic hydroxyl groups is 2. The van der Waals surface area contributed by atoms with E-state index in [4.69, 9.17) is 32.3 Å². The van der Waals surface area contributed by atoms with E-state index in [9.17, 15) is 43.5 Å². The third-order valence-electron chi connectivity index (χ3n) is 16.7. The van der Waals surface area contributed by atoms with Crippen LogP contribution in [0.4, 0.5) is 0 Å². The Morgan fingerprint density at radius 2 is 0.525 bits per heavy atom. The Balaban J connectivity index is 4.46. The van der Waals surface area contributed by atoms with Gasteiger partial charge in [-0.1, -0.05) is 316 Å². The van der Waals surface area contributed by atoms with Gasteiger partial charge in [-0.3, -0.25) is 32.5 Å². The van der Waals surface area contributed by atoms with Crippen LogP contribution in [0.5, 0.6) is 0 Å². The highest BCUT2D eigenvalue weighted by Gasteiger charge is 2.29. The summed E-state index contributed by atoms with van der Waals surface area (Å²) in [5.74, 6) is -1.58. The van der Waals surface area contributed by atoms with Gasteiger partial charge in [0.05, 0.1) is 26.4 Å². The Bertz CT molecular complexity index is 2320. The molecule has 0 aromatic heterocycles. The topological polar surface area (TPSA) is 231 Å². The van der Waals surface area contributed by atoms with Crippen LogP contribution in [0.3, 0.4) is 0 Å². The van der Waals surface area contributed by atoms with Gasteiger partial charge in [0, 0.05) is 19.3 Å². The molecule has 0 spiro atoms. The van der Waals surface area contributed by atoms with E-state index in [1.165, 1.54) is 122 Å². The second-order valence-corrected chi connectivity index (χ2v) is 29.4. The summed E-state index contributed by atoms with van der Waals surface area (Å²) >= 11 is 0. The second-order valence-electron chi connectivity index (χ2n) is 26.5. The third-order valence-corrected chi connectivity index (χ3v) is 18.6. The van der Waals surface area contributed by atoms with Crippen LogP contribution in [0.25, 0.3) is 0 Å². The first-order valence-corrected chi connectivity index (χ1v) is 42.8. The molecule has 0 saturated carbocycles. The fourth-order valence-corrected chi connectivity index (χ4v) is 12.2. The summed E-state index contributed by atoms with van der Waals surface area (Å²) in [6.07, 6.45) is 89.7. The number of phosphoric acid groups is 2. The molecule has 0 aliphatic rings. The van der Waals surface area contributed by atoms with Crippen molar-refractivity contribution in [2.24, 2.45) is 0 Å². The number of phosphoric ester groups is 2. The number of hydrogen-bond donors (Lipinski definition) is 4. The SMILES string of the molecule is CC/C=C\C/C=C\C/C=C\C/C=C\C/C=C\C/C=C\CCCCCCCCCCCCC(=O)OCC(O)COP(=O)(O)OCC(O)COP(=O)(O)OCC(COC(=O)CCCCCCCCCCC/C=C\C/C=C\C/C=C\C/C=C\CCCCC)OC(=O)CCCCCCCCCCCCC. The fourth-order valence-electron chi connectivity index (χ4n) is 10.6. The molecule has 18 heteroatoms. The predicted octanol–water partition coefficient (Wildman–Crippen LogP) is 23.3. The highest BCUT2D eigenvalue weighted by atomic mass is 31.2. The summed E-state index contributed by atoms with van der Waals surface area (Å²) in [5, 5.41) is 20.6. The van der Waals surface area contributed by atoms with Crippen LogP contribution in [0.15, 0.2) is 122 Å². The normalized spacial score (nSPS) is 14.6. The molecular formula is C83H144O16P2. The van der Waals surface area contributed by atoms with Gasteiger partial charge in [0.25, 0.3) is 0 Å². The monoisotopic (exact) mass is 1460 g/mol. The van der Waals surface area contributed by atoms with Crippen LogP contribution in [0.1, 0.15) is 329 Å². The highest BCUT2D eigenvalue weighted by molar-refractivity contribution is 7.47. The van der Waals surface area contributed by atoms with Crippen molar-refractivity contribution in [3.63, 3.8) is 0 Å². The summed E-state index contributed by atoms with van der Waals surface area (Å²) in [4.78, 5) is 58.6. The third kappa shape index (κ3) is 76.9. The number of allylic oxidation sites excluding steroid dienone is 20. The maximum Gasteiger partial charge on any atom is 0.472 e. The van der Waals surface area contributed by atoms with E-state index in [1.54, 1.807) is 0 Å². The number of unbranched alkanes of at least 4 members (excludes halogenated alkanes) is 32. The minimum atomic E-state index is -4.93. The molecule has 0 aliphatic carbocycles. The van der Waals surface area contributed by atoms with Crippen molar-refractivity contribution >= 4 is 33.6 Å². The molecule has 0 radical (unpaired) electrons. The van der Waals surface area contributed by atoms with Crippen molar-refractivity contribution in [3.05, 3.63) is 122 Å². The largest absolute Gasteiger partial charge is 0.472 e. The number of rotatable bonds is 75. The molecule has 0 aromatic rings. The van der Waals surface area contributed by atoms with Gasteiger partial charge in [-0.15, -0.1) is 0 Å². The standard InChI is InChI=1S/C83H144O16P2/c1-4-7-10-13-16-19-22-24-26-28-30-32-34-36-37-38-39-41-43-44-46-48-50-52-55-57-60-63-66-69-81(86)93-72-78(84)73-95-100(89,90)96-74-79(85)75-97-101(91,92)98-77-80(99-83(88)71-68-65-62-59-54-21-18-15-12-9-6-3)76-94-82(87)70-67-64-61-58-56-53-51-49-47-45-42-40-35-33-31-29-27-25-23-20-17-14-11-8-5-2/h7,10,16-17,19-20,24-27,30-33,36-37,39-42,78-80,84-85H,4-6,8-9,11-15,18,21-23,28-29,34-35,38,43-77H2,1-3H3,(H,89,90)(H,91,92)/b10-7-,19-16-,20-17-,26-24-,27-25-,32-30-,33-31-,37-36-,41-39-,42-40-. The second kappa shape index (κ2) is 75.6. The predicted molar refractivity (Wildman–Crippen MR) is 417 cm³/mol. The molecule has 5 atom stereocenters. The summed E-state index contributed by atoms with van der Waals surface area (Å²) in [7, 11) is -9.78. The number of esters is 3. The van der Waals surface area contributed by atoms with E-state index in [1.807, 2.05) is 0 Å². The van der Waals surface area contributed by atoms with Gasteiger partial charge < -0.3 is 34.2 Å². The Labute approximate surface area is 614 Å². The van der Waals surface area contributed by atoms with Gasteiger partial charge in [0.2, 0.25) is 0 Å². The van der Waals surface area contributed by atoms with Crippen molar-refractivity contribution in [1.29, 1.82) is 0 Å². The maximum atomic E-state index is 12.9. The quantitative estimate of drug-likeness (QED) is 0.0146. The fraction of sp³-hybridized carbons (Fsp3) is 0.723. The van der Waals surface area contributed by atoms with Crippen molar-refractivity contribution in [2.75, 3.05) is 39.6 Å². The molecule has 0 aromatic carbocycles. The Morgan fingerprint density at radius 1 is 0.287 bits per heavy atom. The van der Waals surface area contributed by atoms with Gasteiger partial charge in [0.15, 0.2) is 6.10 Å². The lowest BCUT2D eigenvalue weighted by molar-refractivity contribution is -0.161. The molecular weight excluding hydrogens is 1310 g/mol. The molecule has 0 aliphatic heterocycles. The zero-order valence-corrected chi connectivity index (χ0v) is 65.3. The lowest BCUT2D eigenvalue weighted by atomic mass is 10.1. The van der Waals surface area contributed by atoms with Gasteiger partial charge >= 0.3 is 33.6 Å². The number of carbonyl (C=O) groups excluding carboxylic acids is 3. The Morgan fingerprint density at radius 3 is 0.851 bits per heavy atom. The van der Waals surface area contributed by atoms with Gasteiger partial charge in [0.1, 0.15) is 25.4 Å². The number of ether oxygens (including phenoxy) is 3. The van der Waals surface area contributed by atoms with Crippen LogP contribution >= 0.6 is 15.6 Å². The van der Waals surface area contributed by atoms with Crippen molar-refractivity contribution in [2.45, 2.75) is 347 Å². The van der Waals surface area contributed by atoms with E-state index in [-0.39, 0.29) is 19.3 Å². The average Bonchev–Trinajstić information content (AvgIpc) is 0.946. The van der Waals surface area contributed by atoms with Gasteiger partial charge in [-0.05, 0) is 116 Å². The van der Waals surface area contributed by atoms with Crippen LogP contribution in [0, 0.1) is 0 Å². The molecule has 0 amide bonds. The summed E-state index contributed by atoms with van der Waals surface area (Å²) in [6.45, 7) is 2.54. The minimum absolute atomic E-state index is 0.105. The van der Waals surface area contributed by atoms with E-state index in [0.29, 0.717) is 19.3 Å². The molecule has 16 nitrogen and oxygen atoms in total. The summed E-state index contributed by atoms with van der Waals surface area (Å²) < 4.78 is 61.1. The van der Waals surface area contributed by atoms with E-state index in [0.717, 1.165) is 148 Å². The lowest BCUT2D eigenvalue weighted by Crippen LogP contribution is -2.30. The molecule has 0 rings (SSSR count). The van der Waals surface area contributed by atoms with E-state index in [2.05, 4.69) is 142 Å². The van der Waals surface area contributed by atoms with Gasteiger partial charge in [-0.2, -0.15) is 0 Å². The lowest BCUT2D eigenvalue weighted by Gasteiger charge is -2.21. The van der Waals surface area contributed by atoms with E-state index < -0.39 is 91.5 Å². The first kappa shape index (κ1) is 97.0. The van der Waals surface area contributed by atoms with Gasteiger partial charge in [-0.25, -0.2) is 9.13 Å². The van der Waals surface area contributed by atoms with E-state index >= 15 is 0 Å². The zero-order valence-electron chi connectivity index (χ0n) is 63.5. The maximum absolute atomic E-state index is 12.9. The number of aliphatic hydroxyl groups excluding tert-OH is 2. The van der Waals surface area contributed by atoms with Crippen molar-refractivity contribution < 1.29 is 75.8 Å². The van der Waals surface area contributed by atoms with Crippen molar-refractivity contribution in [3.8, 4) is 0 Å². The smallest absolute Gasteiger partial charge is 0.463 e. The average molecular weight is 1460 g/mol. The van der Waals surface area contributed by atoms with Crippen LogP contribution in [-0.4, -0.2) is 95.9 Å². The molecule has 0 saturated heterocycles. The van der Waals surface area contributed by atoms with Crippen LogP contribution in [0.2, 0.25) is 0 Å². The Hall–Kier alpha value is -4.05. The number of carbonyl (C=O) groups is 3.